The molecule has 1 atom stereocenters. The third kappa shape index (κ3) is 4.73. The minimum Gasteiger partial charge on any atom is -0.444 e. The van der Waals surface area contributed by atoms with E-state index in [1.807, 2.05) is 33.8 Å². The lowest BCUT2D eigenvalue weighted by atomic mass is 10.2. The minimum absolute atomic E-state index is 0.238. The van der Waals surface area contributed by atoms with Gasteiger partial charge in [0.15, 0.2) is 0 Å². The summed E-state index contributed by atoms with van der Waals surface area (Å²) in [6.45, 7) is 8.34. The molecule has 2 aromatic rings. The fraction of sp³-hybridized carbons (Fsp3) is 0.500. The lowest BCUT2D eigenvalue weighted by Crippen LogP contribution is -2.45. The van der Waals surface area contributed by atoms with E-state index < -0.39 is 21.7 Å². The van der Waals surface area contributed by atoms with Gasteiger partial charge in [-0.05, 0) is 56.1 Å². The highest BCUT2D eigenvalue weighted by Gasteiger charge is 2.35. The van der Waals surface area contributed by atoms with Crippen LogP contribution in [0.15, 0.2) is 40.0 Å². The predicted octanol–water partition coefficient (Wildman–Crippen LogP) is 4.02. The highest BCUT2D eigenvalue weighted by atomic mass is 79.9. The van der Waals surface area contributed by atoms with Gasteiger partial charge in [-0.1, -0.05) is 12.1 Å². The van der Waals surface area contributed by atoms with Crippen molar-refractivity contribution in [1.82, 2.24) is 14.2 Å². The number of hydrogen-bond donors (Lipinski definition) is 0. The zero-order valence-electron chi connectivity index (χ0n) is 17.1. The normalized spacial score (nSPS) is 19.2. The minimum atomic E-state index is -3.77. The SMILES string of the molecule is CC1CN(C(=O)OC(C)(C)C)CCCN1S(=O)(=O)c1cccc2cncc(Br)c12. The molecule has 0 saturated carbocycles. The second kappa shape index (κ2) is 8.20. The maximum Gasteiger partial charge on any atom is 0.410 e. The van der Waals surface area contributed by atoms with Gasteiger partial charge in [-0.3, -0.25) is 4.98 Å². The highest BCUT2D eigenvalue weighted by molar-refractivity contribution is 9.10. The Labute approximate surface area is 180 Å². The Morgan fingerprint density at radius 2 is 1.97 bits per heavy atom. The molecule has 9 heteroatoms. The molecule has 29 heavy (non-hydrogen) atoms. The lowest BCUT2D eigenvalue weighted by molar-refractivity contribution is 0.0244. The van der Waals surface area contributed by atoms with Crippen LogP contribution >= 0.6 is 15.9 Å². The molecule has 0 spiro atoms. The summed E-state index contributed by atoms with van der Waals surface area (Å²) >= 11 is 3.44. The van der Waals surface area contributed by atoms with E-state index in [1.54, 1.807) is 29.4 Å². The molecule has 1 fully saturated rings. The Hall–Kier alpha value is -1.71. The van der Waals surface area contributed by atoms with Crippen molar-refractivity contribution in [2.45, 2.75) is 50.7 Å². The standard InChI is InChI=1S/C20H26BrN3O4S/c1-14-13-23(19(25)28-20(2,3)4)9-6-10-24(14)29(26,27)17-8-5-7-15-11-22-12-16(21)18(15)17/h5,7-8,11-12,14H,6,9-10,13H2,1-4H3. The van der Waals surface area contributed by atoms with Crippen molar-refractivity contribution in [2.75, 3.05) is 19.6 Å². The molecule has 0 aliphatic carbocycles. The first kappa shape index (κ1) is 22.0. The highest BCUT2D eigenvalue weighted by Crippen LogP contribution is 2.32. The number of sulfonamides is 1. The van der Waals surface area contributed by atoms with Crippen LogP contribution in [-0.4, -0.2) is 60.0 Å². The summed E-state index contributed by atoms with van der Waals surface area (Å²) in [6.07, 6.45) is 3.37. The van der Waals surface area contributed by atoms with E-state index in [1.165, 1.54) is 4.31 Å². The number of benzene rings is 1. The van der Waals surface area contributed by atoms with Gasteiger partial charge in [-0.25, -0.2) is 13.2 Å². The average molecular weight is 484 g/mol. The molecule has 2 heterocycles. The van der Waals surface area contributed by atoms with Crippen LogP contribution in [0.5, 0.6) is 0 Å². The van der Waals surface area contributed by atoms with Gasteiger partial charge in [-0.15, -0.1) is 0 Å². The van der Waals surface area contributed by atoms with Gasteiger partial charge in [0.1, 0.15) is 5.60 Å². The van der Waals surface area contributed by atoms with Crippen LogP contribution in [0.3, 0.4) is 0 Å². The molecule has 7 nitrogen and oxygen atoms in total. The summed E-state index contributed by atoms with van der Waals surface area (Å²) in [6, 6.07) is 4.79. The first-order valence-corrected chi connectivity index (χ1v) is 11.8. The Bertz CT molecular complexity index is 1010. The van der Waals surface area contributed by atoms with Crippen LogP contribution in [0.4, 0.5) is 4.79 Å². The fourth-order valence-corrected chi connectivity index (χ4v) is 6.08. The lowest BCUT2D eigenvalue weighted by Gasteiger charge is -2.30. The second-order valence-corrected chi connectivity index (χ2v) is 10.9. The van der Waals surface area contributed by atoms with Crippen LogP contribution in [0.2, 0.25) is 0 Å². The fourth-order valence-electron chi connectivity index (χ4n) is 3.49. The summed E-state index contributed by atoms with van der Waals surface area (Å²) in [5.74, 6) is 0. The molecule has 158 valence electrons. The predicted molar refractivity (Wildman–Crippen MR) is 115 cm³/mol. The molecule has 1 aromatic heterocycles. The van der Waals surface area contributed by atoms with Crippen molar-refractivity contribution < 1.29 is 17.9 Å². The number of rotatable bonds is 2. The van der Waals surface area contributed by atoms with Gasteiger partial charge in [0.25, 0.3) is 0 Å². The molecule has 1 aliphatic rings. The van der Waals surface area contributed by atoms with Crippen LogP contribution in [0.1, 0.15) is 34.1 Å². The maximum atomic E-state index is 13.6. The monoisotopic (exact) mass is 483 g/mol. The first-order valence-electron chi connectivity index (χ1n) is 9.53. The van der Waals surface area contributed by atoms with E-state index in [4.69, 9.17) is 4.74 Å². The third-order valence-electron chi connectivity index (χ3n) is 4.72. The quantitative estimate of drug-likeness (QED) is 0.644. The molecule has 1 aromatic carbocycles. The number of fused-ring (bicyclic) bond motifs is 1. The topological polar surface area (TPSA) is 79.8 Å². The number of aromatic nitrogens is 1. The summed E-state index contributed by atoms with van der Waals surface area (Å²) < 4.78 is 34.7. The van der Waals surface area contributed by atoms with Crippen molar-refractivity contribution >= 4 is 42.8 Å². The van der Waals surface area contributed by atoms with Gasteiger partial charge in [0, 0.05) is 53.3 Å². The number of pyridine rings is 1. The first-order chi connectivity index (χ1) is 13.5. The van der Waals surface area contributed by atoms with Gasteiger partial charge >= 0.3 is 6.09 Å². The van der Waals surface area contributed by atoms with Crippen LogP contribution in [0.25, 0.3) is 10.8 Å². The van der Waals surface area contributed by atoms with Crippen molar-refractivity contribution in [3.8, 4) is 0 Å². The van der Waals surface area contributed by atoms with E-state index >= 15 is 0 Å². The number of carbonyl (C=O) groups excluding carboxylic acids is 1. The zero-order valence-corrected chi connectivity index (χ0v) is 19.5. The zero-order chi connectivity index (χ0) is 21.4. The summed E-state index contributed by atoms with van der Waals surface area (Å²) in [5.41, 5.74) is -0.596. The Morgan fingerprint density at radius 1 is 1.24 bits per heavy atom. The third-order valence-corrected chi connectivity index (χ3v) is 7.38. The van der Waals surface area contributed by atoms with Crippen LogP contribution in [0, 0.1) is 0 Å². The molecule has 0 radical (unpaired) electrons. The molecule has 3 rings (SSSR count). The number of halogens is 1. The Morgan fingerprint density at radius 3 is 2.66 bits per heavy atom. The Kier molecular flexibility index (Phi) is 6.21. The number of ether oxygens (including phenoxy) is 1. The Balaban J connectivity index is 1.92. The second-order valence-electron chi connectivity index (χ2n) is 8.22. The summed E-state index contributed by atoms with van der Waals surface area (Å²) in [7, 11) is -3.77. The smallest absolute Gasteiger partial charge is 0.410 e. The largest absolute Gasteiger partial charge is 0.444 e. The average Bonchev–Trinajstić information content (AvgIpc) is 2.82. The summed E-state index contributed by atoms with van der Waals surface area (Å²) in [4.78, 5) is 18.4. The van der Waals surface area contributed by atoms with Crippen molar-refractivity contribution in [1.29, 1.82) is 0 Å². The van der Waals surface area contributed by atoms with Gasteiger partial charge < -0.3 is 9.64 Å². The van der Waals surface area contributed by atoms with E-state index in [0.717, 1.165) is 5.39 Å². The number of nitrogens with zero attached hydrogens (tertiary/aromatic N) is 3. The van der Waals surface area contributed by atoms with E-state index in [2.05, 4.69) is 20.9 Å². The van der Waals surface area contributed by atoms with Gasteiger partial charge in [-0.2, -0.15) is 4.31 Å². The molecule has 1 unspecified atom stereocenters. The van der Waals surface area contributed by atoms with Crippen LogP contribution in [-0.2, 0) is 14.8 Å². The van der Waals surface area contributed by atoms with E-state index in [-0.39, 0.29) is 17.5 Å². The van der Waals surface area contributed by atoms with Crippen LogP contribution < -0.4 is 0 Å². The molecule has 1 aliphatic heterocycles. The molecule has 0 bridgehead atoms. The van der Waals surface area contributed by atoms with Crippen molar-refractivity contribution in [3.63, 3.8) is 0 Å². The summed E-state index contributed by atoms with van der Waals surface area (Å²) in [5, 5.41) is 1.36. The number of amides is 1. The number of carbonyl (C=O) groups is 1. The molecule has 0 N–H and O–H groups in total. The maximum absolute atomic E-state index is 13.6. The van der Waals surface area contributed by atoms with Crippen molar-refractivity contribution in [2.24, 2.45) is 0 Å². The van der Waals surface area contributed by atoms with E-state index in [0.29, 0.717) is 29.4 Å². The van der Waals surface area contributed by atoms with Gasteiger partial charge in [0.2, 0.25) is 10.0 Å². The molecular weight excluding hydrogens is 458 g/mol. The van der Waals surface area contributed by atoms with Crippen molar-refractivity contribution in [3.05, 3.63) is 35.1 Å². The number of hydrogen-bond acceptors (Lipinski definition) is 5. The van der Waals surface area contributed by atoms with E-state index in [9.17, 15) is 13.2 Å². The van der Waals surface area contributed by atoms with Gasteiger partial charge in [0.05, 0.1) is 4.90 Å². The molecular formula is C20H26BrN3O4S. The molecule has 1 amide bonds. The molecule has 1 saturated heterocycles.